The van der Waals surface area contributed by atoms with Crippen molar-refractivity contribution in [3.63, 3.8) is 0 Å². The molecule has 0 aromatic rings. The number of nitrogens with zero attached hydrogens (tertiary/aromatic N) is 2. The maximum absolute atomic E-state index is 15.8. The molecule has 20 heteroatoms. The third-order valence-corrected chi connectivity index (χ3v) is 23.7. The van der Waals surface area contributed by atoms with Gasteiger partial charge in [-0.3, -0.25) is 0 Å². The summed E-state index contributed by atoms with van der Waals surface area (Å²) in [5.74, 6) is -10.2. The number of alkyl halides is 6. The zero-order valence-corrected chi connectivity index (χ0v) is 29.3. The molecule has 0 heterocycles. The predicted octanol–water partition coefficient (Wildman–Crippen LogP) is 4.60. The first-order valence-electron chi connectivity index (χ1n) is 16.1. The van der Waals surface area contributed by atoms with Crippen molar-refractivity contribution in [2.24, 2.45) is 46.3 Å². The fourth-order valence-electron chi connectivity index (χ4n) is 11.5. The summed E-state index contributed by atoms with van der Waals surface area (Å²) in [5, 5.41) is -0.631. The van der Waals surface area contributed by atoms with Crippen molar-refractivity contribution >= 4 is 39.3 Å². The molecular weight excluding hydrogens is 747 g/mol. The van der Waals surface area contributed by atoms with Gasteiger partial charge in [0.1, 0.15) is 0 Å². The van der Waals surface area contributed by atoms with Gasteiger partial charge in [-0.2, -0.15) is 36.9 Å². The molecule has 0 atom stereocenters. The van der Waals surface area contributed by atoms with Crippen LogP contribution in [0, 0.1) is 69.0 Å². The number of halogens is 6. The average molecular weight is 783 g/mol. The minimum absolute atomic E-state index is 0.0111. The highest BCUT2D eigenvalue weighted by Gasteiger charge is 2.84. The van der Waals surface area contributed by atoms with Gasteiger partial charge in [0.05, 0.1) is 23.6 Å². The zero-order valence-electron chi connectivity index (χ0n) is 26.1. The first kappa shape index (κ1) is 37.1. The van der Waals surface area contributed by atoms with Crippen molar-refractivity contribution in [2.75, 3.05) is 11.5 Å². The Kier molecular flexibility index (Phi) is 8.47. The van der Waals surface area contributed by atoms with E-state index in [1.807, 2.05) is 0 Å². The normalized spacial score (nSPS) is 36.8. The summed E-state index contributed by atoms with van der Waals surface area (Å²) in [5.41, 5.74) is -2.51. The first-order chi connectivity index (χ1) is 22.3. The van der Waals surface area contributed by atoms with Crippen molar-refractivity contribution in [1.29, 1.82) is 10.5 Å². The Hall–Kier alpha value is -1.64. The highest BCUT2D eigenvalue weighted by atomic mass is 32.3. The van der Waals surface area contributed by atoms with Crippen molar-refractivity contribution in [3.8, 4) is 12.1 Å². The van der Waals surface area contributed by atoms with E-state index in [2.05, 4.69) is 0 Å². The van der Waals surface area contributed by atoms with E-state index in [9.17, 15) is 42.5 Å². The van der Waals surface area contributed by atoms with E-state index >= 15 is 17.6 Å². The largest absolute Gasteiger partial charge is 0.416 e. The van der Waals surface area contributed by atoms with Crippen molar-refractivity contribution < 1.29 is 60.0 Å². The van der Waals surface area contributed by atoms with Crippen molar-refractivity contribution in [2.45, 2.75) is 103 Å². The smallest absolute Gasteiger partial charge is 0.226 e. The number of nitriles is 2. The number of rotatable bonds is 12. The fraction of sp³-hybridized carbons (Fsp3) is 0.931. The molecule has 0 aromatic heterocycles. The van der Waals surface area contributed by atoms with Gasteiger partial charge in [0.25, 0.3) is 23.6 Å². The van der Waals surface area contributed by atoms with Crippen molar-refractivity contribution in [1.82, 2.24) is 0 Å². The van der Waals surface area contributed by atoms with E-state index in [1.54, 1.807) is 0 Å². The Morgan fingerprint density at radius 2 is 0.796 bits per heavy atom. The molecule has 276 valence electrons. The second kappa shape index (κ2) is 11.2. The van der Waals surface area contributed by atoms with Crippen LogP contribution in [0.15, 0.2) is 0 Å². The van der Waals surface area contributed by atoms with Crippen LogP contribution in [0.2, 0.25) is 0 Å². The molecule has 0 unspecified atom stereocenters. The first-order valence-corrected chi connectivity index (χ1v) is 22.6. The molecule has 8 aliphatic rings. The summed E-state index contributed by atoms with van der Waals surface area (Å²) >= 11 is 0. The maximum atomic E-state index is 15.8. The van der Waals surface area contributed by atoms with Crippen molar-refractivity contribution in [3.05, 3.63) is 0 Å². The van der Waals surface area contributed by atoms with Crippen LogP contribution in [0.5, 0.6) is 0 Å². The standard InChI is InChI=1S/C29H36F6N2O8S4/c30-27(31,28(32,33)48(42,43)23(13-36)14-37)29(34,35)49(44,45)24(46(38,39)15-25-7-17-1-18(8-25)3-19(2-17)9-25)47(40,41)16-26-10-20-4-21(11-26)6-22(5-20)12-26/h17-24H,1-12,15-16H2. The molecule has 8 saturated carbocycles. The Labute approximate surface area is 281 Å². The molecule has 8 rings (SSSR count). The van der Waals surface area contributed by atoms with E-state index < -0.39 is 87.3 Å². The van der Waals surface area contributed by atoms with E-state index in [0.717, 1.165) is 38.5 Å². The van der Waals surface area contributed by atoms with E-state index in [0.29, 0.717) is 12.1 Å². The Morgan fingerprint density at radius 1 is 0.531 bits per heavy atom. The summed E-state index contributed by atoms with van der Waals surface area (Å²) in [4.78, 5) is 0. The molecule has 0 aliphatic heterocycles. The lowest BCUT2D eigenvalue weighted by Crippen LogP contribution is -2.65. The average Bonchev–Trinajstić information content (AvgIpc) is 2.89. The van der Waals surface area contributed by atoms with Crippen LogP contribution in [0.1, 0.15) is 77.0 Å². The molecule has 8 aliphatic carbocycles. The molecule has 8 bridgehead atoms. The van der Waals surface area contributed by atoms with Gasteiger partial charge >= 0.3 is 16.4 Å². The Bertz CT molecular complexity index is 1780. The molecule has 10 nitrogen and oxygen atoms in total. The van der Waals surface area contributed by atoms with Gasteiger partial charge in [-0.25, -0.2) is 33.7 Å². The Balaban J connectivity index is 1.45. The van der Waals surface area contributed by atoms with Crippen LogP contribution < -0.4 is 0 Å². The molecule has 0 radical (unpaired) electrons. The molecule has 0 saturated heterocycles. The Morgan fingerprint density at radius 3 is 1.06 bits per heavy atom. The topological polar surface area (TPSA) is 184 Å². The summed E-state index contributed by atoms with van der Waals surface area (Å²) in [6.07, 6.45) is 5.49. The van der Waals surface area contributed by atoms with Gasteiger partial charge in [0.2, 0.25) is 5.25 Å². The summed E-state index contributed by atoms with van der Waals surface area (Å²) in [7, 11) is -26.9. The van der Waals surface area contributed by atoms with E-state index in [1.165, 1.54) is 0 Å². The SMILES string of the molecule is N#CC(C#N)S(=O)(=O)C(F)(F)C(F)(F)C(F)(F)S(=O)(=O)C(S(=O)(=O)CC12CC3CC(CC(C3)C1)C2)S(=O)(=O)CC12CC3CC(CC(C3)C1)C2. The minimum Gasteiger partial charge on any atom is -0.226 e. The van der Waals surface area contributed by atoms with E-state index in [4.69, 9.17) is 10.5 Å². The number of hydrogen-bond donors (Lipinski definition) is 0. The quantitative estimate of drug-likeness (QED) is 0.254. The minimum atomic E-state index is -7.79. The van der Waals surface area contributed by atoms with Gasteiger partial charge < -0.3 is 0 Å². The van der Waals surface area contributed by atoms with Crippen LogP contribution in [-0.2, 0) is 39.3 Å². The van der Waals surface area contributed by atoms with Gasteiger partial charge in [-0.15, -0.1) is 0 Å². The molecular formula is C29H36F6N2O8S4. The highest BCUT2D eigenvalue weighted by molar-refractivity contribution is 8.24. The zero-order chi connectivity index (χ0) is 36.4. The van der Waals surface area contributed by atoms with Crippen LogP contribution in [-0.4, -0.2) is 70.8 Å². The van der Waals surface area contributed by atoms with Gasteiger partial charge in [0, 0.05) is 0 Å². The van der Waals surface area contributed by atoms with Crippen LogP contribution in [0.25, 0.3) is 0 Å². The molecule has 0 amide bonds. The number of sulfone groups is 4. The molecule has 49 heavy (non-hydrogen) atoms. The summed E-state index contributed by atoms with van der Waals surface area (Å²) in [6.45, 7) is 0. The molecule has 0 aromatic carbocycles. The third kappa shape index (κ3) is 5.54. The van der Waals surface area contributed by atoms with Crippen LogP contribution in [0.3, 0.4) is 0 Å². The second-order valence-electron chi connectivity index (χ2n) is 16.1. The van der Waals surface area contributed by atoms with Gasteiger partial charge in [-0.05, 0) is 123 Å². The van der Waals surface area contributed by atoms with Gasteiger partial charge in [0.15, 0.2) is 19.7 Å². The lowest BCUT2D eigenvalue weighted by atomic mass is 9.50. The summed E-state index contributed by atoms with van der Waals surface area (Å²) < 4.78 is 196. The highest BCUT2D eigenvalue weighted by Crippen LogP contribution is 2.63. The molecule has 0 spiro atoms. The van der Waals surface area contributed by atoms with Gasteiger partial charge in [-0.1, -0.05) is 0 Å². The number of hydrogen-bond acceptors (Lipinski definition) is 10. The monoisotopic (exact) mass is 782 g/mol. The predicted molar refractivity (Wildman–Crippen MR) is 160 cm³/mol. The van der Waals surface area contributed by atoms with Crippen LogP contribution >= 0.6 is 0 Å². The van der Waals surface area contributed by atoms with E-state index in [-0.39, 0.29) is 74.0 Å². The fourth-order valence-corrected chi connectivity index (χ4v) is 22.4. The maximum Gasteiger partial charge on any atom is 0.416 e. The lowest BCUT2D eigenvalue weighted by Gasteiger charge is -2.57. The second-order valence-corrected chi connectivity index (χ2v) is 25.3. The summed E-state index contributed by atoms with van der Waals surface area (Å²) in [6, 6.07) is 0.855. The lowest BCUT2D eigenvalue weighted by molar-refractivity contribution is -0.243. The third-order valence-electron chi connectivity index (χ3n) is 12.2. The molecule has 0 N–H and O–H groups in total. The van der Waals surface area contributed by atoms with Crippen LogP contribution in [0.4, 0.5) is 26.3 Å². The molecule has 8 fully saturated rings.